The molecule has 0 fully saturated rings. The van der Waals surface area contributed by atoms with Crippen LogP contribution in [0.4, 0.5) is 34.1 Å². The average molecular weight is 873 g/mol. The van der Waals surface area contributed by atoms with E-state index in [0.29, 0.717) is 0 Å². The summed E-state index contributed by atoms with van der Waals surface area (Å²) in [5.74, 6) is 0. The maximum atomic E-state index is 2.54. The number of benzene rings is 9. The van der Waals surface area contributed by atoms with Crippen LogP contribution in [0.2, 0.25) is 0 Å². The number of hydrogen-bond acceptors (Lipinski definition) is 2. The topological polar surface area (TPSA) is 6.48 Å². The van der Waals surface area contributed by atoms with E-state index in [2.05, 4.69) is 245 Å². The summed E-state index contributed by atoms with van der Waals surface area (Å²) in [7, 11) is 0. The van der Waals surface area contributed by atoms with Gasteiger partial charge in [0.2, 0.25) is 0 Å². The molecular weight excluding hydrogens is 828 g/mol. The predicted octanol–water partition coefficient (Wildman–Crippen LogP) is 16.1. The molecule has 9 aromatic carbocycles. The van der Waals surface area contributed by atoms with Crippen LogP contribution in [-0.4, -0.2) is 9.86 Å². The molecule has 10 rings (SSSR count). The van der Waals surface area contributed by atoms with Crippen molar-refractivity contribution >= 4 is 64.7 Å². The summed E-state index contributed by atoms with van der Waals surface area (Å²) in [6, 6.07) is 79.9. The Morgan fingerprint density at radius 1 is 0.339 bits per heavy atom. The van der Waals surface area contributed by atoms with Crippen molar-refractivity contribution in [3.8, 4) is 33.4 Å². The van der Waals surface area contributed by atoms with Crippen LogP contribution in [0.1, 0.15) is 18.1 Å². The quantitative estimate of drug-likeness (QED) is 0.105. The van der Waals surface area contributed by atoms with E-state index < -0.39 is 19.8 Å². The van der Waals surface area contributed by atoms with Gasteiger partial charge >= 0.3 is 352 Å². The molecule has 0 aliphatic heterocycles. The van der Waals surface area contributed by atoms with Crippen LogP contribution >= 0.6 is 19.8 Å². The van der Waals surface area contributed by atoms with Gasteiger partial charge < -0.3 is 0 Å². The van der Waals surface area contributed by atoms with Crippen LogP contribution in [0.3, 0.4) is 0 Å². The van der Waals surface area contributed by atoms with Crippen molar-refractivity contribution in [3.63, 3.8) is 0 Å². The van der Waals surface area contributed by atoms with Gasteiger partial charge in [0.25, 0.3) is 0 Å². The molecule has 0 heterocycles. The zero-order chi connectivity index (χ0) is 39.9. The molecule has 0 spiro atoms. The van der Waals surface area contributed by atoms with Gasteiger partial charge in [0.05, 0.1) is 0 Å². The Bertz CT molecular complexity index is 2930. The standard InChI is InChI=1S/C56H45IN2/c1-56(57(2)3)52-38-43-36-46(58(44-24-12-6-13-25-44)54-30-18-16-28-48(54)40-20-8-4-9-21-40)33-32-42(43)37-51(52)50-35-34-47(39-53(50)56)59(45-26-14-7-15-27-45)55-31-19-17-29-49(55)41-22-10-5-11-23-41/h4-39H,1-3H3. The molecule has 9 aromatic rings. The van der Waals surface area contributed by atoms with Gasteiger partial charge in [-0.3, -0.25) is 0 Å². The third-order valence-electron chi connectivity index (χ3n) is 12.0. The Hall–Kier alpha value is -6.43. The van der Waals surface area contributed by atoms with Gasteiger partial charge in [0.15, 0.2) is 0 Å². The van der Waals surface area contributed by atoms with E-state index in [1.54, 1.807) is 0 Å². The van der Waals surface area contributed by atoms with Crippen molar-refractivity contribution in [2.24, 2.45) is 0 Å². The first-order chi connectivity index (χ1) is 29.0. The number of nitrogens with zero attached hydrogens (tertiary/aromatic N) is 2. The molecule has 59 heavy (non-hydrogen) atoms. The molecule has 1 unspecified atom stereocenters. The SMILES string of the molecule is CI(C)C1(C)c2cc(N(c3ccccc3)c3ccccc3-c3ccccc3)ccc2-c2cc3ccc(N(c4ccccc4)c4ccccc4-c4ccccc4)cc3cc21. The minimum absolute atomic E-state index is 0.0604. The summed E-state index contributed by atoms with van der Waals surface area (Å²) in [5, 5.41) is 2.52. The van der Waals surface area contributed by atoms with Crippen molar-refractivity contribution in [2.75, 3.05) is 19.7 Å². The third kappa shape index (κ3) is 6.51. The number of anilines is 6. The van der Waals surface area contributed by atoms with E-state index >= 15 is 0 Å². The number of rotatable bonds is 9. The molecule has 2 nitrogen and oxygen atoms in total. The predicted molar refractivity (Wildman–Crippen MR) is 262 cm³/mol. The van der Waals surface area contributed by atoms with Crippen LogP contribution in [0.15, 0.2) is 218 Å². The molecule has 0 aromatic heterocycles. The first-order valence-corrected chi connectivity index (χ1v) is 25.6. The molecule has 0 saturated heterocycles. The number of halogens is 1. The van der Waals surface area contributed by atoms with Gasteiger partial charge in [-0.1, -0.05) is 6.07 Å². The van der Waals surface area contributed by atoms with Crippen molar-refractivity contribution < 1.29 is 0 Å². The van der Waals surface area contributed by atoms with E-state index in [1.807, 2.05) is 0 Å². The van der Waals surface area contributed by atoms with Gasteiger partial charge in [0.1, 0.15) is 0 Å². The average Bonchev–Trinajstić information content (AvgIpc) is 3.54. The summed E-state index contributed by atoms with van der Waals surface area (Å²) in [6.07, 6.45) is 0. The first-order valence-electron chi connectivity index (χ1n) is 20.2. The van der Waals surface area contributed by atoms with Crippen LogP contribution in [0.5, 0.6) is 0 Å². The first kappa shape index (κ1) is 36.9. The Balaban J connectivity index is 1.12. The van der Waals surface area contributed by atoms with E-state index in [1.165, 1.54) is 66.7 Å². The molecule has 0 saturated carbocycles. The van der Waals surface area contributed by atoms with E-state index in [4.69, 9.17) is 0 Å². The molecule has 0 bridgehead atoms. The normalized spacial score (nSPS) is 14.4. The van der Waals surface area contributed by atoms with Crippen molar-refractivity contribution in [1.29, 1.82) is 0 Å². The van der Waals surface area contributed by atoms with Crippen molar-refractivity contribution in [2.45, 2.75) is 10.3 Å². The van der Waals surface area contributed by atoms with Gasteiger partial charge in [-0.2, -0.15) is 0 Å². The third-order valence-corrected chi connectivity index (χ3v) is 17.5. The maximum absolute atomic E-state index is 2.54. The van der Waals surface area contributed by atoms with Gasteiger partial charge in [0, 0.05) is 0 Å². The van der Waals surface area contributed by atoms with Crippen LogP contribution in [0, 0.1) is 0 Å². The van der Waals surface area contributed by atoms with Crippen LogP contribution in [-0.2, 0) is 3.42 Å². The molecule has 1 aliphatic rings. The molecule has 3 heteroatoms. The van der Waals surface area contributed by atoms with Crippen molar-refractivity contribution in [3.05, 3.63) is 230 Å². The molecule has 0 N–H and O–H groups in total. The second kappa shape index (κ2) is 15.4. The fourth-order valence-electron chi connectivity index (χ4n) is 8.95. The number of fused-ring (bicyclic) bond motifs is 4. The van der Waals surface area contributed by atoms with Crippen molar-refractivity contribution in [1.82, 2.24) is 0 Å². The zero-order valence-corrected chi connectivity index (χ0v) is 35.7. The van der Waals surface area contributed by atoms with E-state index in [-0.39, 0.29) is 3.42 Å². The number of alkyl halides is 3. The summed E-state index contributed by atoms with van der Waals surface area (Å²) >= 11 is -1.57. The molecular formula is C56H45IN2. The summed E-state index contributed by atoms with van der Waals surface area (Å²) in [6.45, 7) is 2.53. The van der Waals surface area contributed by atoms with Crippen LogP contribution < -0.4 is 9.80 Å². The molecule has 0 amide bonds. The monoisotopic (exact) mass is 872 g/mol. The minimum atomic E-state index is -1.57. The van der Waals surface area contributed by atoms with Gasteiger partial charge in [-0.25, -0.2) is 0 Å². The van der Waals surface area contributed by atoms with E-state index in [9.17, 15) is 0 Å². The Morgan fingerprint density at radius 2 is 0.780 bits per heavy atom. The Kier molecular flexibility index (Phi) is 9.62. The second-order valence-corrected chi connectivity index (χ2v) is 22.0. The summed E-state index contributed by atoms with van der Waals surface area (Å²) in [5.41, 5.74) is 17.4. The number of hydrogen-bond donors (Lipinski definition) is 0. The van der Waals surface area contributed by atoms with Crippen LogP contribution in [0.25, 0.3) is 44.2 Å². The second-order valence-electron chi connectivity index (χ2n) is 15.5. The Labute approximate surface area is 355 Å². The fraction of sp³-hybridized carbons (Fsp3) is 0.0714. The molecule has 0 radical (unpaired) electrons. The summed E-state index contributed by atoms with van der Waals surface area (Å²) in [4.78, 5) is 9.93. The molecule has 1 atom stereocenters. The Morgan fingerprint density at radius 3 is 1.31 bits per heavy atom. The molecule has 1 aliphatic carbocycles. The van der Waals surface area contributed by atoms with Gasteiger partial charge in [-0.15, -0.1) is 0 Å². The van der Waals surface area contributed by atoms with Gasteiger partial charge in [-0.05, 0) is 0 Å². The fourth-order valence-corrected chi connectivity index (χ4v) is 12.2. The molecule has 286 valence electrons. The summed E-state index contributed by atoms with van der Waals surface area (Å²) < 4.78 is -0.0604. The number of para-hydroxylation sites is 4. The van der Waals surface area contributed by atoms with E-state index in [0.717, 1.165) is 22.7 Å². The zero-order valence-electron chi connectivity index (χ0n) is 33.6.